The van der Waals surface area contributed by atoms with Gasteiger partial charge in [0.2, 0.25) is 0 Å². The number of ether oxygens (including phenoxy) is 1. The fraction of sp³-hybridized carbons (Fsp3) is 0.176. The maximum atomic E-state index is 12.3. The van der Waals surface area contributed by atoms with E-state index in [4.69, 9.17) is 22.2 Å². The molecular formula is C17H18ClN3O3. The van der Waals surface area contributed by atoms with Crippen LogP contribution < -0.4 is 21.3 Å². The minimum absolute atomic E-state index is 0.264. The molecule has 2 rings (SSSR count). The predicted molar refractivity (Wildman–Crippen MR) is 93.0 cm³/mol. The molecule has 0 saturated heterocycles. The summed E-state index contributed by atoms with van der Waals surface area (Å²) in [6.07, 6.45) is -0.733. The van der Waals surface area contributed by atoms with Gasteiger partial charge >= 0.3 is 0 Å². The lowest BCUT2D eigenvalue weighted by atomic mass is 10.1. The Morgan fingerprint density at radius 1 is 1.17 bits per heavy atom. The maximum absolute atomic E-state index is 12.3. The van der Waals surface area contributed by atoms with Crippen LogP contribution in [0.3, 0.4) is 0 Å². The summed E-state index contributed by atoms with van der Waals surface area (Å²) in [6.45, 7) is 3.41. The molecular weight excluding hydrogens is 330 g/mol. The summed E-state index contributed by atoms with van der Waals surface area (Å²) in [5.41, 5.74) is 3.92. The third-order valence-electron chi connectivity index (χ3n) is 3.46. The van der Waals surface area contributed by atoms with Crippen molar-refractivity contribution in [2.45, 2.75) is 20.0 Å². The summed E-state index contributed by atoms with van der Waals surface area (Å²) in [4.78, 5) is 23.6. The van der Waals surface area contributed by atoms with E-state index in [1.165, 1.54) is 0 Å². The lowest BCUT2D eigenvalue weighted by Gasteiger charge is -2.13. The van der Waals surface area contributed by atoms with Gasteiger partial charge in [-0.3, -0.25) is 15.0 Å². The monoisotopic (exact) mass is 347 g/mol. The quantitative estimate of drug-likeness (QED) is 0.440. The zero-order valence-corrected chi connectivity index (χ0v) is 14.1. The highest BCUT2D eigenvalue weighted by Gasteiger charge is 2.14. The van der Waals surface area contributed by atoms with E-state index >= 15 is 0 Å². The highest BCUT2D eigenvalue weighted by atomic mass is 35.5. The Kier molecular flexibility index (Phi) is 5.78. The molecule has 7 heteroatoms. The summed E-state index contributed by atoms with van der Waals surface area (Å²) in [6, 6.07) is 11.8. The van der Waals surface area contributed by atoms with Gasteiger partial charge in [-0.1, -0.05) is 17.7 Å². The number of benzene rings is 2. The molecule has 0 aliphatic rings. The molecule has 1 atom stereocenters. The first-order valence-electron chi connectivity index (χ1n) is 7.26. The van der Waals surface area contributed by atoms with Gasteiger partial charge in [-0.05, 0) is 55.8 Å². The molecule has 0 saturated carbocycles. The first-order valence-corrected chi connectivity index (χ1v) is 7.64. The van der Waals surface area contributed by atoms with Gasteiger partial charge in [-0.2, -0.15) is 0 Å². The van der Waals surface area contributed by atoms with Crippen LogP contribution in [0.2, 0.25) is 5.02 Å². The van der Waals surface area contributed by atoms with Gasteiger partial charge in [-0.15, -0.1) is 0 Å². The molecule has 2 aromatic carbocycles. The van der Waals surface area contributed by atoms with Crippen LogP contribution in [0.1, 0.15) is 22.8 Å². The van der Waals surface area contributed by atoms with Crippen molar-refractivity contribution >= 4 is 29.1 Å². The molecule has 0 unspecified atom stereocenters. The average molecular weight is 348 g/mol. The third-order valence-corrected chi connectivity index (χ3v) is 3.87. The number of anilines is 1. The van der Waals surface area contributed by atoms with E-state index in [1.807, 2.05) is 12.3 Å². The normalized spacial score (nSPS) is 11.5. The van der Waals surface area contributed by atoms with E-state index < -0.39 is 12.0 Å². The van der Waals surface area contributed by atoms with Crippen LogP contribution in [0.5, 0.6) is 5.75 Å². The fourth-order valence-corrected chi connectivity index (χ4v) is 2.17. The van der Waals surface area contributed by atoms with Gasteiger partial charge in [0.25, 0.3) is 11.8 Å². The number of carbonyl (C=O) groups excluding carboxylic acids is 2. The summed E-state index contributed by atoms with van der Waals surface area (Å²) in [7, 11) is 0. The molecule has 0 spiro atoms. The standard InChI is InChI=1S/C17H18ClN3O3/c1-10-14(18)4-3-5-15(10)20-17(23)12-6-8-13(9-7-12)24-11(2)16(22)21-19/h3-9,11H,19H2,1-2H3,(H,20,23)(H,21,22)/t11-/m1/s1. The number of hydrogen-bond acceptors (Lipinski definition) is 4. The number of halogens is 1. The first-order chi connectivity index (χ1) is 11.4. The molecule has 126 valence electrons. The number of amides is 2. The van der Waals surface area contributed by atoms with Crippen molar-refractivity contribution in [2.75, 3.05) is 5.32 Å². The summed E-state index contributed by atoms with van der Waals surface area (Å²) in [5.74, 6) is 4.80. The van der Waals surface area contributed by atoms with Crippen molar-refractivity contribution in [1.82, 2.24) is 5.43 Å². The molecule has 24 heavy (non-hydrogen) atoms. The number of hydrazine groups is 1. The van der Waals surface area contributed by atoms with Gasteiger partial charge in [0, 0.05) is 16.3 Å². The lowest BCUT2D eigenvalue weighted by Crippen LogP contribution is -2.40. The van der Waals surface area contributed by atoms with Crippen LogP contribution >= 0.6 is 11.6 Å². The second kappa shape index (κ2) is 7.81. The van der Waals surface area contributed by atoms with Crippen molar-refractivity contribution in [3.05, 3.63) is 58.6 Å². The van der Waals surface area contributed by atoms with Crippen LogP contribution in [-0.2, 0) is 4.79 Å². The molecule has 2 aromatic rings. The smallest absolute Gasteiger partial charge is 0.274 e. The topological polar surface area (TPSA) is 93.4 Å². The minimum atomic E-state index is -0.733. The Balaban J connectivity index is 2.06. The summed E-state index contributed by atoms with van der Waals surface area (Å²) < 4.78 is 5.41. The van der Waals surface area contributed by atoms with Crippen LogP contribution in [0.15, 0.2) is 42.5 Å². The Morgan fingerprint density at radius 2 is 1.83 bits per heavy atom. The van der Waals surface area contributed by atoms with Crippen molar-refractivity contribution in [3.8, 4) is 5.75 Å². The zero-order valence-electron chi connectivity index (χ0n) is 13.3. The van der Waals surface area contributed by atoms with E-state index in [2.05, 4.69) is 5.32 Å². The summed E-state index contributed by atoms with van der Waals surface area (Å²) >= 11 is 6.04. The minimum Gasteiger partial charge on any atom is -0.481 e. The number of rotatable bonds is 5. The number of hydrogen-bond donors (Lipinski definition) is 3. The van der Waals surface area contributed by atoms with Crippen LogP contribution in [-0.4, -0.2) is 17.9 Å². The average Bonchev–Trinajstić information content (AvgIpc) is 2.58. The van der Waals surface area contributed by atoms with E-state index in [9.17, 15) is 9.59 Å². The molecule has 2 amide bonds. The molecule has 0 aliphatic carbocycles. The van der Waals surface area contributed by atoms with Crippen LogP contribution in [0.4, 0.5) is 5.69 Å². The predicted octanol–water partition coefficient (Wildman–Crippen LogP) is 2.66. The zero-order chi connectivity index (χ0) is 17.7. The second-order valence-corrected chi connectivity index (χ2v) is 5.57. The Morgan fingerprint density at radius 3 is 2.46 bits per heavy atom. The molecule has 0 aliphatic heterocycles. The fourth-order valence-electron chi connectivity index (χ4n) is 2.00. The van der Waals surface area contributed by atoms with Gasteiger partial charge in [0.15, 0.2) is 6.10 Å². The van der Waals surface area contributed by atoms with Crippen molar-refractivity contribution < 1.29 is 14.3 Å². The van der Waals surface area contributed by atoms with Crippen LogP contribution in [0, 0.1) is 6.92 Å². The Bertz CT molecular complexity index is 747. The van der Waals surface area contributed by atoms with E-state index in [-0.39, 0.29) is 5.91 Å². The number of carbonyl (C=O) groups is 2. The SMILES string of the molecule is Cc1c(Cl)cccc1NC(=O)c1ccc(O[C@H](C)C(=O)NN)cc1. The molecule has 0 aromatic heterocycles. The maximum Gasteiger partial charge on any atom is 0.274 e. The Labute approximate surface area is 144 Å². The van der Waals surface area contributed by atoms with E-state index in [0.29, 0.717) is 22.0 Å². The number of nitrogens with two attached hydrogens (primary N) is 1. The third kappa shape index (κ3) is 4.24. The second-order valence-electron chi connectivity index (χ2n) is 5.16. The van der Waals surface area contributed by atoms with Crippen molar-refractivity contribution in [2.24, 2.45) is 5.84 Å². The van der Waals surface area contributed by atoms with E-state index in [1.54, 1.807) is 49.4 Å². The molecule has 6 nitrogen and oxygen atoms in total. The molecule has 4 N–H and O–H groups in total. The van der Waals surface area contributed by atoms with Crippen LogP contribution in [0.25, 0.3) is 0 Å². The number of nitrogens with one attached hydrogen (secondary N) is 2. The molecule has 0 bridgehead atoms. The van der Waals surface area contributed by atoms with Crippen molar-refractivity contribution in [1.29, 1.82) is 0 Å². The lowest BCUT2D eigenvalue weighted by molar-refractivity contribution is -0.127. The molecule has 0 radical (unpaired) electrons. The van der Waals surface area contributed by atoms with Crippen molar-refractivity contribution in [3.63, 3.8) is 0 Å². The highest BCUT2D eigenvalue weighted by molar-refractivity contribution is 6.31. The van der Waals surface area contributed by atoms with Gasteiger partial charge in [0.1, 0.15) is 5.75 Å². The highest BCUT2D eigenvalue weighted by Crippen LogP contribution is 2.23. The first kappa shape index (κ1) is 17.8. The largest absolute Gasteiger partial charge is 0.481 e. The summed E-state index contributed by atoms with van der Waals surface area (Å²) in [5, 5.41) is 3.40. The van der Waals surface area contributed by atoms with Gasteiger partial charge in [0.05, 0.1) is 0 Å². The molecule has 0 fully saturated rings. The van der Waals surface area contributed by atoms with Gasteiger partial charge < -0.3 is 10.1 Å². The molecule has 0 heterocycles. The van der Waals surface area contributed by atoms with E-state index in [0.717, 1.165) is 5.56 Å². The Hall–Kier alpha value is -2.57. The van der Waals surface area contributed by atoms with Gasteiger partial charge in [-0.25, -0.2) is 5.84 Å².